The summed E-state index contributed by atoms with van der Waals surface area (Å²) in [5.74, 6) is 0.843. The Morgan fingerprint density at radius 3 is 2.21 bits per heavy atom. The fourth-order valence-electron chi connectivity index (χ4n) is 5.86. The molecule has 2 heterocycles. The van der Waals surface area contributed by atoms with Gasteiger partial charge in [-0.05, 0) is 42.5 Å². The van der Waals surface area contributed by atoms with Crippen molar-refractivity contribution < 1.29 is 4.52 Å². The Balaban J connectivity index is 1.47. The topological polar surface area (TPSA) is 12.5 Å². The van der Waals surface area contributed by atoms with Gasteiger partial charge in [-0.25, -0.2) is 4.67 Å². The van der Waals surface area contributed by atoms with Crippen molar-refractivity contribution in [1.82, 2.24) is 4.67 Å². The van der Waals surface area contributed by atoms with Gasteiger partial charge in [0.2, 0.25) is 7.65 Å². The van der Waals surface area contributed by atoms with Crippen molar-refractivity contribution in [3.63, 3.8) is 0 Å². The Kier molecular flexibility index (Phi) is 5.40. The highest BCUT2D eigenvalue weighted by molar-refractivity contribution is 7.78. The predicted octanol–water partition coefficient (Wildman–Crippen LogP) is 5.38. The highest BCUT2D eigenvalue weighted by atomic mass is 35.7. The quantitative estimate of drug-likeness (QED) is 0.478. The first-order chi connectivity index (χ1) is 13.7. The molecule has 1 unspecified atom stereocenters. The second-order valence-electron chi connectivity index (χ2n) is 8.93. The molecule has 2 saturated heterocycles. The Morgan fingerprint density at radius 1 is 0.964 bits per heavy atom. The first-order valence-corrected chi connectivity index (χ1v) is 15.5. The van der Waals surface area contributed by atoms with Crippen molar-refractivity contribution in [2.75, 3.05) is 0 Å². The van der Waals surface area contributed by atoms with Crippen LogP contribution in [0.3, 0.4) is 0 Å². The molecular formula is C23H29ClNOPSi. The minimum absolute atomic E-state index is 0.270. The smallest absolute Gasteiger partial charge is 0.207 e. The van der Waals surface area contributed by atoms with Crippen molar-refractivity contribution in [1.29, 1.82) is 0 Å². The fraction of sp³-hybridized carbons (Fsp3) is 0.478. The molecule has 0 bridgehead atoms. The van der Waals surface area contributed by atoms with Gasteiger partial charge in [0.25, 0.3) is 0 Å². The number of benzene rings is 2. The largest absolute Gasteiger partial charge is 0.327 e. The van der Waals surface area contributed by atoms with E-state index in [4.69, 9.17) is 15.8 Å². The molecule has 1 aliphatic carbocycles. The molecule has 0 N–H and O–H groups in total. The van der Waals surface area contributed by atoms with Crippen LogP contribution < -0.4 is 10.4 Å². The van der Waals surface area contributed by atoms with E-state index in [-0.39, 0.29) is 6.10 Å². The van der Waals surface area contributed by atoms with Gasteiger partial charge in [-0.2, -0.15) is 0 Å². The molecule has 2 aromatic rings. The molecule has 5 atom stereocenters. The van der Waals surface area contributed by atoms with Gasteiger partial charge < -0.3 is 4.52 Å². The molecule has 1 saturated carbocycles. The van der Waals surface area contributed by atoms with E-state index in [1.165, 1.54) is 42.5 Å². The van der Waals surface area contributed by atoms with Gasteiger partial charge in [0, 0.05) is 12.1 Å². The molecule has 2 aromatic carbocycles. The van der Waals surface area contributed by atoms with E-state index in [1.807, 2.05) is 0 Å². The number of rotatable bonds is 4. The van der Waals surface area contributed by atoms with Crippen molar-refractivity contribution >= 4 is 37.3 Å². The first kappa shape index (κ1) is 19.3. The molecule has 3 fully saturated rings. The zero-order chi connectivity index (χ0) is 19.1. The third kappa shape index (κ3) is 3.30. The van der Waals surface area contributed by atoms with Crippen LogP contribution >= 0.6 is 18.9 Å². The molecule has 0 radical (unpaired) electrons. The standard InChI is InChI=1S/C23H29ClNOPSi/c1-28(19-11-4-2-5-12-19,20-13-6-3-7-14-20)17-23-22-16-18-10-8-9-15-21(18)25(22)27(24)26-23/h2-7,11-14,18,21-23H,8-10,15-17H2,1H3/t18-,21-,22-,23+,27?/m0/s1. The Morgan fingerprint density at radius 2 is 1.57 bits per heavy atom. The maximum absolute atomic E-state index is 6.83. The maximum Gasteiger partial charge on any atom is 0.207 e. The van der Waals surface area contributed by atoms with Crippen LogP contribution in [0.2, 0.25) is 12.6 Å². The van der Waals surface area contributed by atoms with Crippen molar-refractivity contribution in [3.05, 3.63) is 60.7 Å². The van der Waals surface area contributed by atoms with Gasteiger partial charge in [0.1, 0.15) is 8.07 Å². The predicted molar refractivity (Wildman–Crippen MR) is 122 cm³/mol. The Labute approximate surface area is 175 Å². The summed E-state index contributed by atoms with van der Waals surface area (Å²) in [5, 5.41) is 3.00. The van der Waals surface area contributed by atoms with E-state index in [2.05, 4.69) is 71.9 Å². The number of fused-ring (bicyclic) bond motifs is 3. The molecule has 0 aromatic heterocycles. The van der Waals surface area contributed by atoms with Crippen LogP contribution in [0, 0.1) is 5.92 Å². The van der Waals surface area contributed by atoms with E-state index in [1.54, 1.807) is 0 Å². The Bertz CT molecular complexity index is 767. The van der Waals surface area contributed by atoms with Crippen LogP contribution in [0.4, 0.5) is 0 Å². The van der Waals surface area contributed by atoms with Crippen LogP contribution in [0.25, 0.3) is 0 Å². The molecule has 28 heavy (non-hydrogen) atoms. The van der Waals surface area contributed by atoms with Crippen molar-refractivity contribution in [2.24, 2.45) is 5.92 Å². The maximum atomic E-state index is 6.83. The Hall–Kier alpha value is -0.703. The summed E-state index contributed by atoms with van der Waals surface area (Å²) < 4.78 is 9.11. The van der Waals surface area contributed by atoms with E-state index in [9.17, 15) is 0 Å². The summed E-state index contributed by atoms with van der Waals surface area (Å²) in [6, 6.07) is 24.6. The molecule has 0 spiro atoms. The highest BCUT2D eigenvalue weighted by Crippen LogP contribution is 2.64. The second-order valence-corrected chi connectivity index (χ2v) is 15.2. The number of halogens is 1. The minimum Gasteiger partial charge on any atom is -0.327 e. The van der Waals surface area contributed by atoms with E-state index >= 15 is 0 Å². The summed E-state index contributed by atoms with van der Waals surface area (Å²) in [7, 11) is -2.86. The van der Waals surface area contributed by atoms with Crippen molar-refractivity contribution in [2.45, 2.75) is 62.9 Å². The van der Waals surface area contributed by atoms with Crippen LogP contribution in [-0.2, 0) is 4.52 Å². The summed E-state index contributed by atoms with van der Waals surface area (Å²) in [6.45, 7) is 2.52. The van der Waals surface area contributed by atoms with Crippen LogP contribution in [0.1, 0.15) is 32.1 Å². The SMILES string of the molecule is C[Si](C[C@H]1OP(Cl)N2[C@H]3CCCC[C@H]3C[C@@H]12)(c1ccccc1)c1ccccc1. The van der Waals surface area contributed by atoms with Crippen LogP contribution in [-0.4, -0.2) is 30.9 Å². The molecule has 2 aliphatic heterocycles. The summed E-state index contributed by atoms with van der Waals surface area (Å²) in [6.07, 6.45) is 7.01. The van der Waals surface area contributed by atoms with Crippen molar-refractivity contribution in [3.8, 4) is 0 Å². The lowest BCUT2D eigenvalue weighted by Gasteiger charge is -2.32. The van der Waals surface area contributed by atoms with Gasteiger partial charge in [0.15, 0.2) is 0 Å². The third-order valence-electron chi connectivity index (χ3n) is 7.36. The number of hydrogen-bond acceptors (Lipinski definition) is 2. The lowest BCUT2D eigenvalue weighted by molar-refractivity contribution is 0.224. The zero-order valence-electron chi connectivity index (χ0n) is 16.5. The molecular weight excluding hydrogens is 401 g/mol. The second kappa shape index (κ2) is 7.85. The van der Waals surface area contributed by atoms with Gasteiger partial charge in [0.05, 0.1) is 6.10 Å². The molecule has 3 aliphatic rings. The lowest BCUT2D eigenvalue weighted by atomic mass is 9.85. The first-order valence-electron chi connectivity index (χ1n) is 10.7. The summed E-state index contributed by atoms with van der Waals surface area (Å²) >= 11 is 6.83. The van der Waals surface area contributed by atoms with Gasteiger partial charge in [-0.1, -0.05) is 90.4 Å². The molecule has 2 nitrogen and oxygen atoms in total. The van der Waals surface area contributed by atoms with E-state index in [0.29, 0.717) is 12.1 Å². The summed E-state index contributed by atoms with van der Waals surface area (Å²) in [5.41, 5.74) is 0. The average Bonchev–Trinajstić information content (AvgIpc) is 3.27. The molecule has 5 rings (SSSR count). The molecule has 148 valence electrons. The fourth-order valence-corrected chi connectivity index (χ4v) is 12.4. The van der Waals surface area contributed by atoms with E-state index in [0.717, 1.165) is 12.0 Å². The van der Waals surface area contributed by atoms with Gasteiger partial charge >= 0.3 is 0 Å². The summed E-state index contributed by atoms with van der Waals surface area (Å²) in [4.78, 5) is 0. The van der Waals surface area contributed by atoms with Gasteiger partial charge in [-0.15, -0.1) is 0 Å². The normalized spacial score (nSPS) is 32.9. The van der Waals surface area contributed by atoms with Crippen LogP contribution in [0.15, 0.2) is 60.7 Å². The lowest BCUT2D eigenvalue weighted by Crippen LogP contribution is -2.58. The monoisotopic (exact) mass is 429 g/mol. The third-order valence-corrected chi connectivity index (χ3v) is 14.0. The zero-order valence-corrected chi connectivity index (χ0v) is 19.2. The highest BCUT2D eigenvalue weighted by Gasteiger charge is 2.55. The minimum atomic E-state index is -1.90. The van der Waals surface area contributed by atoms with E-state index < -0.39 is 15.7 Å². The molecule has 0 amide bonds. The average molecular weight is 430 g/mol. The molecule has 5 heteroatoms. The van der Waals surface area contributed by atoms with Crippen LogP contribution in [0.5, 0.6) is 0 Å². The number of nitrogens with zero attached hydrogens (tertiary/aromatic N) is 1. The van der Waals surface area contributed by atoms with Gasteiger partial charge in [-0.3, -0.25) is 0 Å². The number of hydrogen-bond donors (Lipinski definition) is 0.